The van der Waals surface area contributed by atoms with E-state index in [1.54, 1.807) is 30.3 Å². The lowest BCUT2D eigenvalue weighted by molar-refractivity contribution is -0.120. The fourth-order valence-electron chi connectivity index (χ4n) is 3.83. The highest BCUT2D eigenvalue weighted by Crippen LogP contribution is 2.37. The number of ether oxygens (including phenoxy) is 2. The second kappa shape index (κ2) is 7.85. The number of halogens is 1. The molecular formula is C25H19FN2O4. The van der Waals surface area contributed by atoms with Crippen LogP contribution in [0.2, 0.25) is 0 Å². The molecule has 0 aromatic heterocycles. The molecule has 0 bridgehead atoms. The summed E-state index contributed by atoms with van der Waals surface area (Å²) < 4.78 is 24.7. The number of carbonyl (C=O) groups is 2. The Balaban J connectivity index is 1.60. The first-order valence-corrected chi connectivity index (χ1v) is 10.1. The van der Waals surface area contributed by atoms with E-state index in [2.05, 4.69) is 5.32 Å². The molecule has 5 rings (SSSR count). The summed E-state index contributed by atoms with van der Waals surface area (Å²) in [4.78, 5) is 28.1. The van der Waals surface area contributed by atoms with Gasteiger partial charge >= 0.3 is 0 Å². The average Bonchev–Trinajstić information content (AvgIpc) is 3.04. The van der Waals surface area contributed by atoms with Gasteiger partial charge in [-0.25, -0.2) is 9.29 Å². The Hall–Kier alpha value is -4.13. The van der Waals surface area contributed by atoms with Crippen LogP contribution in [0.4, 0.5) is 15.8 Å². The van der Waals surface area contributed by atoms with Crippen molar-refractivity contribution in [3.8, 4) is 11.5 Å². The summed E-state index contributed by atoms with van der Waals surface area (Å²) in [6.45, 7) is 2.73. The summed E-state index contributed by atoms with van der Waals surface area (Å²) in [5.41, 5.74) is 2.58. The number of para-hydroxylation sites is 1. The zero-order valence-electron chi connectivity index (χ0n) is 17.2. The molecule has 1 N–H and O–H groups in total. The summed E-state index contributed by atoms with van der Waals surface area (Å²) >= 11 is 0. The molecule has 2 heterocycles. The van der Waals surface area contributed by atoms with Crippen molar-refractivity contribution in [3.05, 3.63) is 89.4 Å². The molecule has 7 heteroatoms. The van der Waals surface area contributed by atoms with Crippen LogP contribution in [0.1, 0.15) is 11.1 Å². The Bertz CT molecular complexity index is 1270. The summed E-state index contributed by atoms with van der Waals surface area (Å²) in [5, 5.41) is 3.09. The minimum Gasteiger partial charge on any atom is -0.486 e. The number of aryl methyl sites for hydroxylation is 1. The van der Waals surface area contributed by atoms with Gasteiger partial charge in [-0.05, 0) is 48.4 Å². The number of rotatable bonds is 4. The van der Waals surface area contributed by atoms with Gasteiger partial charge in [-0.2, -0.15) is 0 Å². The van der Waals surface area contributed by atoms with Crippen LogP contribution < -0.4 is 19.7 Å². The topological polar surface area (TPSA) is 67.9 Å². The fraction of sp³-hybridized carbons (Fsp3) is 0.120. The Morgan fingerprint density at radius 1 is 0.875 bits per heavy atom. The van der Waals surface area contributed by atoms with Gasteiger partial charge in [-0.3, -0.25) is 9.59 Å². The molecule has 32 heavy (non-hydrogen) atoms. The van der Waals surface area contributed by atoms with Crippen molar-refractivity contribution in [1.82, 2.24) is 0 Å². The first kappa shape index (κ1) is 19.8. The highest BCUT2D eigenvalue weighted by molar-refractivity contribution is 6.46. The molecule has 2 aliphatic heterocycles. The van der Waals surface area contributed by atoms with Crippen LogP contribution in [0.3, 0.4) is 0 Å². The molecule has 0 spiro atoms. The average molecular weight is 430 g/mol. The second-order valence-electron chi connectivity index (χ2n) is 7.47. The Kier molecular flexibility index (Phi) is 4.86. The maximum absolute atomic E-state index is 13.5. The lowest BCUT2D eigenvalue weighted by Crippen LogP contribution is -2.33. The number of amides is 2. The monoisotopic (exact) mass is 430 g/mol. The zero-order chi connectivity index (χ0) is 22.2. The van der Waals surface area contributed by atoms with Crippen molar-refractivity contribution < 1.29 is 23.5 Å². The van der Waals surface area contributed by atoms with Gasteiger partial charge in [0.2, 0.25) is 0 Å². The number of imide groups is 1. The van der Waals surface area contributed by atoms with Gasteiger partial charge in [0.25, 0.3) is 11.8 Å². The maximum Gasteiger partial charge on any atom is 0.282 e. The van der Waals surface area contributed by atoms with Gasteiger partial charge < -0.3 is 14.8 Å². The third-order valence-corrected chi connectivity index (χ3v) is 5.38. The summed E-state index contributed by atoms with van der Waals surface area (Å²) in [7, 11) is 0. The van der Waals surface area contributed by atoms with Crippen molar-refractivity contribution in [2.45, 2.75) is 6.92 Å². The predicted octanol–water partition coefficient (Wildman–Crippen LogP) is 4.30. The van der Waals surface area contributed by atoms with E-state index in [0.29, 0.717) is 41.7 Å². The molecule has 3 aromatic rings. The van der Waals surface area contributed by atoms with Gasteiger partial charge in [0.1, 0.15) is 24.7 Å². The number of hydrogen-bond donors (Lipinski definition) is 1. The second-order valence-corrected chi connectivity index (χ2v) is 7.47. The number of nitrogens with zero attached hydrogens (tertiary/aromatic N) is 1. The molecule has 2 amide bonds. The largest absolute Gasteiger partial charge is 0.486 e. The molecule has 0 saturated carbocycles. The minimum atomic E-state index is -0.487. The third kappa shape index (κ3) is 3.37. The number of benzene rings is 3. The van der Waals surface area contributed by atoms with E-state index in [0.717, 1.165) is 10.5 Å². The molecule has 0 atom stereocenters. The van der Waals surface area contributed by atoms with Crippen molar-refractivity contribution >= 4 is 28.8 Å². The highest BCUT2D eigenvalue weighted by Gasteiger charge is 2.40. The third-order valence-electron chi connectivity index (χ3n) is 5.38. The standard InChI is InChI=1S/C25H19FN2O4/c1-15-4-2-3-5-19(15)28-24(29)22(16-6-8-17(26)9-7-16)23(25(28)30)27-18-10-11-20-21(14-18)32-13-12-31-20/h2-11,14,27H,12-13H2,1H3. The van der Waals surface area contributed by atoms with Crippen LogP contribution in [0, 0.1) is 12.7 Å². The molecule has 0 radical (unpaired) electrons. The first-order chi connectivity index (χ1) is 15.5. The molecule has 160 valence electrons. The highest BCUT2D eigenvalue weighted by atomic mass is 19.1. The van der Waals surface area contributed by atoms with E-state index in [9.17, 15) is 14.0 Å². The van der Waals surface area contributed by atoms with Gasteiger partial charge in [-0.15, -0.1) is 0 Å². The molecule has 0 aliphatic carbocycles. The number of nitrogens with one attached hydrogen (secondary N) is 1. The molecule has 3 aromatic carbocycles. The zero-order valence-corrected chi connectivity index (χ0v) is 17.2. The van der Waals surface area contributed by atoms with Gasteiger partial charge in [0.05, 0.1) is 11.3 Å². The maximum atomic E-state index is 13.5. The molecule has 0 fully saturated rings. The summed E-state index contributed by atoms with van der Waals surface area (Å²) in [6.07, 6.45) is 0. The Morgan fingerprint density at radius 3 is 2.34 bits per heavy atom. The molecule has 6 nitrogen and oxygen atoms in total. The van der Waals surface area contributed by atoms with Gasteiger partial charge in [0, 0.05) is 11.8 Å². The Morgan fingerprint density at radius 2 is 1.59 bits per heavy atom. The predicted molar refractivity (Wildman–Crippen MR) is 118 cm³/mol. The van der Waals surface area contributed by atoms with E-state index < -0.39 is 17.6 Å². The minimum absolute atomic E-state index is 0.113. The normalized spacial score (nSPS) is 15.4. The van der Waals surface area contributed by atoms with Crippen LogP contribution in [-0.2, 0) is 9.59 Å². The fourth-order valence-corrected chi connectivity index (χ4v) is 3.83. The quantitative estimate of drug-likeness (QED) is 0.625. The first-order valence-electron chi connectivity index (χ1n) is 10.1. The molecule has 0 saturated heterocycles. The smallest absolute Gasteiger partial charge is 0.282 e. The van der Waals surface area contributed by atoms with Crippen LogP contribution in [0.15, 0.2) is 72.4 Å². The molecular weight excluding hydrogens is 411 g/mol. The van der Waals surface area contributed by atoms with E-state index in [1.807, 2.05) is 19.1 Å². The summed E-state index contributed by atoms with van der Waals surface area (Å²) in [6, 6.07) is 17.9. The van der Waals surface area contributed by atoms with E-state index in [4.69, 9.17) is 9.47 Å². The van der Waals surface area contributed by atoms with Crippen LogP contribution >= 0.6 is 0 Å². The van der Waals surface area contributed by atoms with Crippen molar-refractivity contribution in [3.63, 3.8) is 0 Å². The number of fused-ring (bicyclic) bond motifs is 1. The van der Waals surface area contributed by atoms with Crippen molar-refractivity contribution in [1.29, 1.82) is 0 Å². The van der Waals surface area contributed by atoms with Crippen LogP contribution in [0.25, 0.3) is 5.57 Å². The number of hydrogen-bond acceptors (Lipinski definition) is 5. The summed E-state index contributed by atoms with van der Waals surface area (Å²) in [5.74, 6) is -0.222. The number of carbonyl (C=O) groups excluding carboxylic acids is 2. The van der Waals surface area contributed by atoms with E-state index in [1.165, 1.54) is 24.3 Å². The molecule has 2 aliphatic rings. The van der Waals surface area contributed by atoms with Crippen LogP contribution in [0.5, 0.6) is 11.5 Å². The van der Waals surface area contributed by atoms with E-state index >= 15 is 0 Å². The van der Waals surface area contributed by atoms with E-state index in [-0.39, 0.29) is 11.3 Å². The van der Waals surface area contributed by atoms with Gasteiger partial charge in [-0.1, -0.05) is 30.3 Å². The lowest BCUT2D eigenvalue weighted by atomic mass is 10.0. The number of anilines is 2. The molecule has 0 unspecified atom stereocenters. The van der Waals surface area contributed by atoms with Crippen molar-refractivity contribution in [2.75, 3.05) is 23.4 Å². The lowest BCUT2D eigenvalue weighted by Gasteiger charge is -2.20. The van der Waals surface area contributed by atoms with Crippen molar-refractivity contribution in [2.24, 2.45) is 0 Å². The van der Waals surface area contributed by atoms with Gasteiger partial charge in [0.15, 0.2) is 11.5 Å². The Labute approximate surface area is 183 Å². The SMILES string of the molecule is Cc1ccccc1N1C(=O)C(Nc2ccc3c(c2)OCCO3)=C(c2ccc(F)cc2)C1=O. The van der Waals surface area contributed by atoms with Crippen LogP contribution in [-0.4, -0.2) is 25.0 Å².